The van der Waals surface area contributed by atoms with Crippen molar-refractivity contribution in [3.8, 4) is 0 Å². The number of pyridine rings is 1. The first kappa shape index (κ1) is 12.7. The Kier molecular flexibility index (Phi) is 2.89. The zero-order valence-corrected chi connectivity index (χ0v) is 12.5. The Morgan fingerprint density at radius 3 is 2.81 bits per heavy atom. The number of rotatable bonds is 1. The molecule has 0 saturated carbocycles. The second kappa shape index (κ2) is 4.77. The van der Waals surface area contributed by atoms with E-state index in [0.717, 1.165) is 19.6 Å². The second-order valence-corrected chi connectivity index (χ2v) is 5.73. The van der Waals surface area contributed by atoms with E-state index in [1.807, 2.05) is 0 Å². The average molecular weight is 280 g/mol. The van der Waals surface area contributed by atoms with Gasteiger partial charge in [-0.2, -0.15) is 0 Å². The molecule has 0 unspecified atom stereocenters. The summed E-state index contributed by atoms with van der Waals surface area (Å²) < 4.78 is 8.28. The molecule has 0 N–H and O–H groups in total. The van der Waals surface area contributed by atoms with Crippen LogP contribution in [0.5, 0.6) is 0 Å². The zero-order valence-electron chi connectivity index (χ0n) is 12.5. The minimum atomic E-state index is -0.0246. The molecule has 2 aliphatic rings. The van der Waals surface area contributed by atoms with Crippen molar-refractivity contribution in [1.82, 2.24) is 0 Å². The summed E-state index contributed by atoms with van der Waals surface area (Å²) >= 11 is 0. The van der Waals surface area contributed by atoms with E-state index < -0.39 is 0 Å². The van der Waals surface area contributed by atoms with Crippen molar-refractivity contribution >= 4 is 24.4 Å². The number of anilines is 3. The number of fused-ring (bicyclic) bond motifs is 3. The highest BCUT2D eigenvalue weighted by molar-refractivity contribution is 6.65. The fourth-order valence-electron chi connectivity index (χ4n) is 3.36. The van der Waals surface area contributed by atoms with Crippen LogP contribution in [0.2, 0.25) is 0 Å². The Bertz CT molecular complexity index is 691. The van der Waals surface area contributed by atoms with E-state index in [0.29, 0.717) is 0 Å². The largest absolute Gasteiger partial charge is 0.680 e. The molecule has 1 aromatic carbocycles. The predicted molar refractivity (Wildman–Crippen MR) is 84.6 cm³/mol. The van der Waals surface area contributed by atoms with Gasteiger partial charge < -0.3 is 9.47 Å². The van der Waals surface area contributed by atoms with Gasteiger partial charge in [-0.05, 0) is 37.1 Å². The molecule has 106 valence electrons. The predicted octanol–water partition coefficient (Wildman–Crippen LogP) is 2.18. The third-order valence-corrected chi connectivity index (χ3v) is 4.34. The van der Waals surface area contributed by atoms with E-state index in [-0.39, 0.29) is 7.19 Å². The number of nitrogens with zero attached hydrogens (tertiary/aromatic N) is 3. The van der Waals surface area contributed by atoms with E-state index in [1.54, 1.807) is 0 Å². The smallest absolute Gasteiger partial charge is 0.376 e. The number of benzene rings is 1. The molecule has 0 spiro atoms. The first-order valence-corrected chi connectivity index (χ1v) is 7.49. The standard InChI is InChI=1S/C16H19BN3O/c1-13-7-3-4-8-14(13)20-16-15(9-5-10-18(16)2)19-11-6-12-21-17(19)20/h3-5,7-10H,6,11-12H2,1-2H3/q+1. The average Bonchev–Trinajstić information content (AvgIpc) is 2.84. The van der Waals surface area contributed by atoms with Gasteiger partial charge in [-0.3, -0.25) is 0 Å². The van der Waals surface area contributed by atoms with Crippen molar-refractivity contribution in [2.45, 2.75) is 13.3 Å². The van der Waals surface area contributed by atoms with Crippen molar-refractivity contribution in [1.29, 1.82) is 0 Å². The molecule has 1 fully saturated rings. The highest BCUT2D eigenvalue weighted by Crippen LogP contribution is 2.42. The third-order valence-electron chi connectivity index (χ3n) is 4.34. The third kappa shape index (κ3) is 1.84. The number of aryl methyl sites for hydroxylation is 2. The topological polar surface area (TPSA) is 19.6 Å². The Morgan fingerprint density at radius 2 is 1.95 bits per heavy atom. The molecule has 1 saturated heterocycles. The second-order valence-electron chi connectivity index (χ2n) is 5.73. The molecular formula is C16H19BN3O+. The minimum Gasteiger partial charge on any atom is -0.376 e. The summed E-state index contributed by atoms with van der Waals surface area (Å²) in [6, 6.07) is 12.8. The highest BCUT2D eigenvalue weighted by atomic mass is 16.5. The van der Waals surface area contributed by atoms with Gasteiger partial charge in [0, 0.05) is 13.2 Å². The lowest BCUT2D eigenvalue weighted by Gasteiger charge is -2.27. The van der Waals surface area contributed by atoms with Gasteiger partial charge in [0.15, 0.2) is 0 Å². The molecular weight excluding hydrogens is 261 g/mol. The summed E-state index contributed by atoms with van der Waals surface area (Å²) in [6.45, 7) is 4.02. The normalized spacial score (nSPS) is 17.0. The molecule has 2 aliphatic heterocycles. The van der Waals surface area contributed by atoms with Crippen LogP contribution in [0, 0.1) is 6.92 Å². The van der Waals surface area contributed by atoms with Gasteiger partial charge in [0.2, 0.25) is 0 Å². The Morgan fingerprint density at radius 1 is 1.14 bits per heavy atom. The van der Waals surface area contributed by atoms with Crippen molar-refractivity contribution in [3.63, 3.8) is 0 Å². The van der Waals surface area contributed by atoms with Crippen LogP contribution in [-0.4, -0.2) is 20.3 Å². The Labute approximate surface area is 125 Å². The summed E-state index contributed by atoms with van der Waals surface area (Å²) in [7, 11) is 2.08. The Balaban J connectivity index is 1.92. The molecule has 2 aromatic rings. The zero-order chi connectivity index (χ0) is 14.4. The molecule has 1 aromatic heterocycles. The molecule has 3 heterocycles. The van der Waals surface area contributed by atoms with Gasteiger partial charge in [-0.15, -0.1) is 0 Å². The number of aromatic nitrogens is 1. The van der Waals surface area contributed by atoms with Crippen LogP contribution in [0.25, 0.3) is 0 Å². The van der Waals surface area contributed by atoms with Crippen LogP contribution in [0.3, 0.4) is 0 Å². The SMILES string of the molecule is Cc1ccccc1N1B2OCCCN2c2ccc[n+](C)c21. The van der Waals surface area contributed by atoms with Crippen molar-refractivity contribution in [2.75, 3.05) is 22.8 Å². The maximum atomic E-state index is 6.10. The van der Waals surface area contributed by atoms with E-state index in [1.165, 1.54) is 22.8 Å². The van der Waals surface area contributed by atoms with E-state index in [4.69, 9.17) is 4.65 Å². The van der Waals surface area contributed by atoms with Gasteiger partial charge in [0.25, 0.3) is 5.82 Å². The van der Waals surface area contributed by atoms with Gasteiger partial charge in [0.05, 0.1) is 13.2 Å². The van der Waals surface area contributed by atoms with E-state index >= 15 is 0 Å². The first-order valence-electron chi connectivity index (χ1n) is 7.49. The van der Waals surface area contributed by atoms with Gasteiger partial charge in [-0.25, -0.2) is 9.38 Å². The lowest BCUT2D eigenvalue weighted by atomic mass is 9.92. The monoisotopic (exact) mass is 280 g/mol. The molecule has 4 rings (SSSR count). The van der Waals surface area contributed by atoms with Gasteiger partial charge >= 0.3 is 7.19 Å². The van der Waals surface area contributed by atoms with Gasteiger partial charge in [-0.1, -0.05) is 18.2 Å². The summed E-state index contributed by atoms with van der Waals surface area (Å²) in [5, 5.41) is 0. The van der Waals surface area contributed by atoms with Gasteiger partial charge in [0.1, 0.15) is 11.4 Å². The number of hydrogen-bond acceptors (Lipinski definition) is 3. The molecule has 0 atom stereocenters. The Hall–Kier alpha value is -2.01. The van der Waals surface area contributed by atoms with Crippen LogP contribution >= 0.6 is 0 Å². The maximum absolute atomic E-state index is 6.10. The molecule has 5 heteroatoms. The van der Waals surface area contributed by atoms with Crippen molar-refractivity contribution in [2.24, 2.45) is 7.05 Å². The van der Waals surface area contributed by atoms with E-state index in [2.05, 4.69) is 70.8 Å². The fourth-order valence-corrected chi connectivity index (χ4v) is 3.36. The lowest BCUT2D eigenvalue weighted by Crippen LogP contribution is -2.53. The number of hydrogen-bond donors (Lipinski definition) is 0. The first-order chi connectivity index (χ1) is 10.3. The maximum Gasteiger partial charge on any atom is 0.680 e. The van der Waals surface area contributed by atoms with E-state index in [9.17, 15) is 0 Å². The highest BCUT2D eigenvalue weighted by Gasteiger charge is 2.54. The summed E-state index contributed by atoms with van der Waals surface area (Å²) in [5.74, 6) is 1.21. The van der Waals surface area contributed by atoms with Crippen LogP contribution < -0.4 is 14.2 Å². The molecule has 0 aliphatic carbocycles. The van der Waals surface area contributed by atoms with Crippen LogP contribution in [0.4, 0.5) is 17.2 Å². The van der Waals surface area contributed by atoms with Crippen LogP contribution in [0.15, 0.2) is 42.6 Å². The van der Waals surface area contributed by atoms with Crippen molar-refractivity contribution in [3.05, 3.63) is 48.2 Å². The van der Waals surface area contributed by atoms with Crippen LogP contribution in [-0.2, 0) is 11.7 Å². The molecule has 4 nitrogen and oxygen atoms in total. The molecule has 0 radical (unpaired) electrons. The summed E-state index contributed by atoms with van der Waals surface area (Å²) in [6.07, 6.45) is 3.18. The quantitative estimate of drug-likeness (QED) is 0.589. The molecule has 0 amide bonds. The molecule has 21 heavy (non-hydrogen) atoms. The summed E-state index contributed by atoms with van der Waals surface area (Å²) in [5.41, 5.74) is 3.74. The van der Waals surface area contributed by atoms with Crippen molar-refractivity contribution < 1.29 is 9.22 Å². The fraction of sp³-hybridized carbons (Fsp3) is 0.312. The lowest BCUT2D eigenvalue weighted by molar-refractivity contribution is -0.657. The number of para-hydroxylation sites is 1. The summed E-state index contributed by atoms with van der Waals surface area (Å²) in [4.78, 5) is 4.69. The molecule has 0 bridgehead atoms. The van der Waals surface area contributed by atoms with Crippen LogP contribution in [0.1, 0.15) is 12.0 Å². The minimum absolute atomic E-state index is 0.0246.